The number of carboxylic acid groups (broad SMARTS) is 1. The highest BCUT2D eigenvalue weighted by Crippen LogP contribution is 2.28. The highest BCUT2D eigenvalue weighted by molar-refractivity contribution is 6.00. The van der Waals surface area contributed by atoms with Gasteiger partial charge in [0, 0.05) is 31.3 Å². The Kier molecular flexibility index (Phi) is 6.16. The molecule has 0 bridgehead atoms. The monoisotopic (exact) mass is 417 g/mol. The van der Waals surface area contributed by atoms with Crippen LogP contribution in [0.4, 0.5) is 0 Å². The highest BCUT2D eigenvalue weighted by atomic mass is 16.4. The Morgan fingerprint density at radius 2 is 1.71 bits per heavy atom. The van der Waals surface area contributed by atoms with Gasteiger partial charge in [-0.2, -0.15) is 5.10 Å². The van der Waals surface area contributed by atoms with Crippen LogP contribution in [0.2, 0.25) is 0 Å². The number of nitrogens with zero attached hydrogens (tertiary/aromatic N) is 3. The van der Waals surface area contributed by atoms with Crippen LogP contribution in [0.15, 0.2) is 60.8 Å². The third-order valence-corrected chi connectivity index (χ3v) is 5.96. The summed E-state index contributed by atoms with van der Waals surface area (Å²) in [6, 6.07) is 17.8. The van der Waals surface area contributed by atoms with Gasteiger partial charge in [-0.1, -0.05) is 48.0 Å². The molecule has 6 heteroatoms. The number of aromatic nitrogens is 2. The van der Waals surface area contributed by atoms with E-state index in [-0.39, 0.29) is 12.3 Å². The third kappa shape index (κ3) is 4.85. The molecule has 1 amide bonds. The van der Waals surface area contributed by atoms with Crippen molar-refractivity contribution in [2.24, 2.45) is 5.92 Å². The number of hydrogen-bond donors (Lipinski definition) is 1. The van der Waals surface area contributed by atoms with E-state index in [0.717, 1.165) is 24.1 Å². The standard InChI is InChI=1S/C25H27N3O3/c1-18-7-10-21(11-8-18)28-17-22(24(26-28)20-5-3-2-4-6-20)25(31)27-15-13-19(14-16-27)9-12-23(29)30/h2-8,10-11,17,19H,9,12-16H2,1H3,(H,29,30). The van der Waals surface area contributed by atoms with Crippen molar-refractivity contribution in [3.63, 3.8) is 0 Å². The molecule has 0 radical (unpaired) electrons. The summed E-state index contributed by atoms with van der Waals surface area (Å²) in [5, 5.41) is 13.7. The molecule has 0 unspecified atom stereocenters. The van der Waals surface area contributed by atoms with Crippen molar-refractivity contribution in [1.29, 1.82) is 0 Å². The lowest BCUT2D eigenvalue weighted by Gasteiger charge is -2.31. The van der Waals surface area contributed by atoms with Crippen molar-refractivity contribution in [1.82, 2.24) is 14.7 Å². The van der Waals surface area contributed by atoms with Gasteiger partial charge in [-0.05, 0) is 44.2 Å². The Hall–Kier alpha value is -3.41. The van der Waals surface area contributed by atoms with E-state index >= 15 is 0 Å². The predicted octanol–water partition coefficient (Wildman–Crippen LogP) is 4.56. The van der Waals surface area contributed by atoms with Crippen LogP contribution in [0.3, 0.4) is 0 Å². The quantitative estimate of drug-likeness (QED) is 0.638. The smallest absolute Gasteiger partial charge is 0.303 e. The molecule has 2 aromatic carbocycles. The lowest BCUT2D eigenvalue weighted by Crippen LogP contribution is -2.38. The SMILES string of the molecule is Cc1ccc(-n2cc(C(=O)N3CCC(CCC(=O)O)CC3)c(-c3ccccc3)n2)cc1. The Morgan fingerprint density at radius 1 is 1.03 bits per heavy atom. The maximum absolute atomic E-state index is 13.4. The maximum atomic E-state index is 13.4. The van der Waals surface area contributed by atoms with Gasteiger partial charge in [0.15, 0.2) is 0 Å². The first kappa shape index (κ1) is 20.8. The fourth-order valence-corrected chi connectivity index (χ4v) is 4.09. The van der Waals surface area contributed by atoms with Gasteiger partial charge in [0.1, 0.15) is 5.69 Å². The van der Waals surface area contributed by atoms with E-state index in [2.05, 4.69) is 0 Å². The van der Waals surface area contributed by atoms with Crippen LogP contribution < -0.4 is 0 Å². The fraction of sp³-hybridized carbons (Fsp3) is 0.320. The summed E-state index contributed by atoms with van der Waals surface area (Å²) in [7, 11) is 0. The molecule has 0 saturated carbocycles. The van der Waals surface area contributed by atoms with Gasteiger partial charge < -0.3 is 10.0 Å². The molecule has 1 aliphatic heterocycles. The van der Waals surface area contributed by atoms with E-state index in [4.69, 9.17) is 10.2 Å². The van der Waals surface area contributed by atoms with Gasteiger partial charge >= 0.3 is 5.97 Å². The molecular formula is C25H27N3O3. The first-order chi connectivity index (χ1) is 15.0. The van der Waals surface area contributed by atoms with E-state index in [1.165, 1.54) is 5.56 Å². The molecule has 2 heterocycles. The molecule has 1 fully saturated rings. The third-order valence-electron chi connectivity index (χ3n) is 5.96. The Bertz CT molecular complexity index is 1050. The van der Waals surface area contributed by atoms with Gasteiger partial charge in [0.05, 0.1) is 11.3 Å². The van der Waals surface area contributed by atoms with Crippen molar-refractivity contribution in [2.75, 3.05) is 13.1 Å². The summed E-state index contributed by atoms with van der Waals surface area (Å²) in [4.78, 5) is 26.2. The Labute approximate surface area is 182 Å². The van der Waals surface area contributed by atoms with Gasteiger partial charge in [-0.25, -0.2) is 4.68 Å². The minimum absolute atomic E-state index is 0.0195. The van der Waals surface area contributed by atoms with E-state index in [1.807, 2.05) is 72.6 Å². The zero-order valence-electron chi connectivity index (χ0n) is 17.7. The van der Waals surface area contributed by atoms with Gasteiger partial charge in [0.2, 0.25) is 0 Å². The van der Waals surface area contributed by atoms with Crippen molar-refractivity contribution < 1.29 is 14.7 Å². The molecule has 160 valence electrons. The van der Waals surface area contributed by atoms with E-state index in [0.29, 0.717) is 36.7 Å². The van der Waals surface area contributed by atoms with E-state index in [9.17, 15) is 9.59 Å². The second kappa shape index (κ2) is 9.16. The van der Waals surface area contributed by atoms with Gasteiger partial charge in [-0.3, -0.25) is 9.59 Å². The summed E-state index contributed by atoms with van der Waals surface area (Å²) < 4.78 is 1.77. The Balaban J connectivity index is 1.58. The molecule has 1 saturated heterocycles. The second-order valence-corrected chi connectivity index (χ2v) is 8.21. The van der Waals surface area contributed by atoms with Crippen LogP contribution in [0, 0.1) is 12.8 Å². The first-order valence-corrected chi connectivity index (χ1v) is 10.7. The van der Waals surface area contributed by atoms with Crippen LogP contribution in [0.1, 0.15) is 41.6 Å². The number of carbonyl (C=O) groups excluding carboxylic acids is 1. The molecule has 0 spiro atoms. The lowest BCUT2D eigenvalue weighted by atomic mass is 9.92. The molecular weight excluding hydrogens is 390 g/mol. The van der Waals surface area contributed by atoms with Crippen molar-refractivity contribution in [3.05, 3.63) is 71.9 Å². The summed E-state index contributed by atoms with van der Waals surface area (Å²) in [5.41, 5.74) is 4.26. The zero-order chi connectivity index (χ0) is 21.8. The molecule has 0 atom stereocenters. The number of carboxylic acids is 1. The summed E-state index contributed by atoms with van der Waals surface area (Å²) in [6.07, 6.45) is 4.38. The number of carbonyl (C=O) groups is 2. The van der Waals surface area contributed by atoms with Crippen LogP contribution in [-0.4, -0.2) is 44.8 Å². The summed E-state index contributed by atoms with van der Waals surface area (Å²) in [6.45, 7) is 3.33. The molecule has 3 aromatic rings. The number of likely N-dealkylation sites (tertiary alicyclic amines) is 1. The summed E-state index contributed by atoms with van der Waals surface area (Å²) >= 11 is 0. The van der Waals surface area contributed by atoms with Crippen molar-refractivity contribution in [2.45, 2.75) is 32.6 Å². The molecule has 31 heavy (non-hydrogen) atoms. The Morgan fingerprint density at radius 3 is 2.35 bits per heavy atom. The summed E-state index contributed by atoms with van der Waals surface area (Å²) in [5.74, 6) is -0.410. The molecule has 4 rings (SSSR count). The number of aryl methyl sites for hydroxylation is 1. The number of hydrogen-bond acceptors (Lipinski definition) is 3. The minimum atomic E-state index is -0.755. The predicted molar refractivity (Wildman–Crippen MR) is 119 cm³/mol. The maximum Gasteiger partial charge on any atom is 0.303 e. The van der Waals surface area contributed by atoms with E-state index < -0.39 is 5.97 Å². The fourth-order valence-electron chi connectivity index (χ4n) is 4.09. The van der Waals surface area contributed by atoms with Crippen LogP contribution in [0.25, 0.3) is 16.9 Å². The van der Waals surface area contributed by atoms with Crippen molar-refractivity contribution >= 4 is 11.9 Å². The topological polar surface area (TPSA) is 75.4 Å². The van der Waals surface area contributed by atoms with Crippen LogP contribution in [0.5, 0.6) is 0 Å². The lowest BCUT2D eigenvalue weighted by molar-refractivity contribution is -0.137. The van der Waals surface area contributed by atoms with Gasteiger partial charge in [-0.15, -0.1) is 0 Å². The molecule has 1 N–H and O–H groups in total. The minimum Gasteiger partial charge on any atom is -0.481 e. The van der Waals surface area contributed by atoms with Crippen LogP contribution in [-0.2, 0) is 4.79 Å². The number of piperidine rings is 1. The largest absolute Gasteiger partial charge is 0.481 e. The highest BCUT2D eigenvalue weighted by Gasteiger charge is 2.27. The molecule has 1 aromatic heterocycles. The average Bonchev–Trinajstić information content (AvgIpc) is 3.24. The zero-order valence-corrected chi connectivity index (χ0v) is 17.7. The number of rotatable bonds is 6. The van der Waals surface area contributed by atoms with Crippen molar-refractivity contribution in [3.8, 4) is 16.9 Å². The van der Waals surface area contributed by atoms with E-state index in [1.54, 1.807) is 4.68 Å². The number of amides is 1. The molecule has 6 nitrogen and oxygen atoms in total. The second-order valence-electron chi connectivity index (χ2n) is 8.21. The van der Waals surface area contributed by atoms with Gasteiger partial charge in [0.25, 0.3) is 5.91 Å². The molecule has 1 aliphatic rings. The number of benzene rings is 2. The van der Waals surface area contributed by atoms with Crippen LogP contribution >= 0.6 is 0 Å². The number of aliphatic carboxylic acids is 1. The average molecular weight is 418 g/mol. The molecule has 0 aliphatic carbocycles. The normalized spacial score (nSPS) is 14.5. The first-order valence-electron chi connectivity index (χ1n) is 10.7.